The molecule has 28 heavy (non-hydrogen) atoms. The second-order valence-electron chi connectivity index (χ2n) is 7.81. The number of benzene rings is 1. The summed E-state index contributed by atoms with van der Waals surface area (Å²) in [5, 5.41) is 0. The van der Waals surface area contributed by atoms with Gasteiger partial charge in [-0.15, -0.1) is 0 Å². The van der Waals surface area contributed by atoms with Crippen molar-refractivity contribution in [3.63, 3.8) is 0 Å². The van der Waals surface area contributed by atoms with E-state index in [1.807, 2.05) is 12.4 Å². The molecule has 0 bridgehead atoms. The van der Waals surface area contributed by atoms with E-state index in [0.717, 1.165) is 11.5 Å². The minimum Gasteiger partial charge on any atom is -0.435 e. The predicted octanol–water partition coefficient (Wildman–Crippen LogP) is 6.99. The van der Waals surface area contributed by atoms with Crippen LogP contribution in [0.3, 0.4) is 0 Å². The lowest BCUT2D eigenvalue weighted by molar-refractivity contribution is -0.0498. The summed E-state index contributed by atoms with van der Waals surface area (Å²) in [6.45, 7) is -0.553. The first-order valence-electron chi connectivity index (χ1n) is 10.5. The molecule has 3 nitrogen and oxygen atoms in total. The first kappa shape index (κ1) is 20.7. The maximum absolute atomic E-state index is 12.2. The minimum absolute atomic E-state index is 0.141. The van der Waals surface area contributed by atoms with Gasteiger partial charge in [-0.25, -0.2) is 9.97 Å². The largest absolute Gasteiger partial charge is 0.435 e. The first-order valence-corrected chi connectivity index (χ1v) is 10.5. The third kappa shape index (κ3) is 5.98. The topological polar surface area (TPSA) is 35.0 Å². The Bertz CT molecular complexity index is 696. The third-order valence-electron chi connectivity index (χ3n) is 5.79. The normalized spacial score (nSPS) is 19.7. The molecule has 1 aromatic carbocycles. The number of unbranched alkanes of at least 4 members (excludes halogenated alkanes) is 3. The molecule has 1 saturated carbocycles. The molecular formula is C23H30F2N2O. The molecule has 3 rings (SSSR count). The van der Waals surface area contributed by atoms with Gasteiger partial charge in [0.1, 0.15) is 5.75 Å². The van der Waals surface area contributed by atoms with Crippen LogP contribution in [0.15, 0.2) is 36.7 Å². The van der Waals surface area contributed by atoms with E-state index in [2.05, 4.69) is 21.6 Å². The number of halogens is 2. The summed E-state index contributed by atoms with van der Waals surface area (Å²) in [6.07, 6.45) is 15.7. The molecule has 2 aromatic rings. The van der Waals surface area contributed by atoms with Crippen molar-refractivity contribution >= 4 is 0 Å². The highest BCUT2D eigenvalue weighted by atomic mass is 19.3. The molecule has 5 heteroatoms. The predicted molar refractivity (Wildman–Crippen MR) is 108 cm³/mol. The zero-order valence-electron chi connectivity index (χ0n) is 16.6. The highest BCUT2D eigenvalue weighted by molar-refractivity contribution is 5.56. The van der Waals surface area contributed by atoms with Crippen LogP contribution < -0.4 is 4.74 Å². The molecule has 1 aliphatic carbocycles. The molecule has 0 atom stereocenters. The molecule has 0 radical (unpaired) electrons. The van der Waals surface area contributed by atoms with Crippen LogP contribution in [0.5, 0.6) is 5.75 Å². The van der Waals surface area contributed by atoms with Gasteiger partial charge >= 0.3 is 6.61 Å². The molecule has 0 amide bonds. The van der Waals surface area contributed by atoms with Crippen molar-refractivity contribution in [2.24, 2.45) is 5.92 Å². The van der Waals surface area contributed by atoms with Crippen molar-refractivity contribution in [3.8, 4) is 17.1 Å². The van der Waals surface area contributed by atoms with E-state index in [-0.39, 0.29) is 5.75 Å². The highest BCUT2D eigenvalue weighted by Gasteiger charge is 2.22. The van der Waals surface area contributed by atoms with Gasteiger partial charge in [0.05, 0.1) is 0 Å². The minimum atomic E-state index is -2.81. The van der Waals surface area contributed by atoms with Crippen LogP contribution in [-0.2, 0) is 0 Å². The number of alkyl halides is 2. The van der Waals surface area contributed by atoms with Gasteiger partial charge in [0, 0.05) is 18.0 Å². The summed E-state index contributed by atoms with van der Waals surface area (Å²) in [6, 6.07) is 6.44. The average Bonchev–Trinajstić information content (AvgIpc) is 2.72. The molecule has 0 saturated heterocycles. The zero-order valence-corrected chi connectivity index (χ0v) is 16.6. The third-order valence-corrected chi connectivity index (χ3v) is 5.79. The molecule has 0 spiro atoms. The van der Waals surface area contributed by atoms with E-state index in [9.17, 15) is 8.78 Å². The van der Waals surface area contributed by atoms with Gasteiger partial charge < -0.3 is 4.74 Å². The molecule has 0 unspecified atom stereocenters. The van der Waals surface area contributed by atoms with Gasteiger partial charge in [0.25, 0.3) is 0 Å². The Hall–Kier alpha value is -2.04. The number of nitrogens with zero attached hydrogens (tertiary/aromatic N) is 2. The van der Waals surface area contributed by atoms with Crippen molar-refractivity contribution in [3.05, 3.63) is 42.2 Å². The number of ether oxygens (including phenoxy) is 1. The lowest BCUT2D eigenvalue weighted by Crippen LogP contribution is -2.14. The zero-order chi connectivity index (χ0) is 19.8. The van der Waals surface area contributed by atoms with E-state index < -0.39 is 6.61 Å². The van der Waals surface area contributed by atoms with E-state index in [1.165, 1.54) is 75.5 Å². The Morgan fingerprint density at radius 2 is 1.64 bits per heavy atom. The van der Waals surface area contributed by atoms with Crippen LogP contribution in [0.4, 0.5) is 8.78 Å². The second kappa shape index (κ2) is 10.5. The maximum atomic E-state index is 12.2. The van der Waals surface area contributed by atoms with Gasteiger partial charge in [-0.3, -0.25) is 0 Å². The standard InChI is InChI=1S/C23H30F2N2O/c1-2-3-4-5-6-17-7-9-18(10-8-17)20-15-26-22(27-16-20)19-11-13-21(14-12-19)28-23(24)25/h11-18,23H,2-10H2,1H3. The summed E-state index contributed by atoms with van der Waals surface area (Å²) in [5.41, 5.74) is 2.01. The molecule has 0 aliphatic heterocycles. The molecule has 1 aliphatic rings. The van der Waals surface area contributed by atoms with Gasteiger partial charge in [-0.1, -0.05) is 39.0 Å². The van der Waals surface area contributed by atoms with E-state index in [0.29, 0.717) is 11.7 Å². The van der Waals surface area contributed by atoms with Crippen molar-refractivity contribution < 1.29 is 13.5 Å². The Kier molecular flexibility index (Phi) is 7.75. The maximum Gasteiger partial charge on any atom is 0.387 e. The van der Waals surface area contributed by atoms with E-state index >= 15 is 0 Å². The Morgan fingerprint density at radius 1 is 0.964 bits per heavy atom. The fourth-order valence-corrected chi connectivity index (χ4v) is 4.13. The van der Waals surface area contributed by atoms with E-state index in [4.69, 9.17) is 0 Å². The molecule has 0 N–H and O–H groups in total. The summed E-state index contributed by atoms with van der Waals surface area (Å²) >= 11 is 0. The quantitative estimate of drug-likeness (QED) is 0.434. The van der Waals surface area contributed by atoms with Gasteiger partial charge in [0.2, 0.25) is 0 Å². The Morgan fingerprint density at radius 3 is 2.25 bits per heavy atom. The molecule has 1 heterocycles. The summed E-state index contributed by atoms with van der Waals surface area (Å²) in [5.74, 6) is 2.20. The summed E-state index contributed by atoms with van der Waals surface area (Å²) in [4.78, 5) is 9.01. The SMILES string of the molecule is CCCCCCC1CCC(c2cnc(-c3ccc(OC(F)F)cc3)nc2)CC1. The molecule has 1 fully saturated rings. The monoisotopic (exact) mass is 388 g/mol. The van der Waals surface area contributed by atoms with Crippen LogP contribution in [0, 0.1) is 5.92 Å². The van der Waals surface area contributed by atoms with Gasteiger partial charge in [-0.2, -0.15) is 8.78 Å². The second-order valence-corrected chi connectivity index (χ2v) is 7.81. The molecule has 152 valence electrons. The Balaban J connectivity index is 1.51. The van der Waals surface area contributed by atoms with Gasteiger partial charge in [0.15, 0.2) is 5.82 Å². The Labute approximate surface area is 166 Å². The van der Waals surface area contributed by atoms with Crippen molar-refractivity contribution in [2.45, 2.75) is 77.2 Å². The van der Waals surface area contributed by atoms with Crippen LogP contribution in [0.1, 0.15) is 76.2 Å². The first-order chi connectivity index (χ1) is 13.7. The van der Waals surface area contributed by atoms with Crippen molar-refractivity contribution in [1.29, 1.82) is 0 Å². The highest BCUT2D eigenvalue weighted by Crippen LogP contribution is 2.37. The smallest absolute Gasteiger partial charge is 0.387 e. The van der Waals surface area contributed by atoms with Crippen LogP contribution in [0.2, 0.25) is 0 Å². The van der Waals surface area contributed by atoms with Crippen molar-refractivity contribution in [2.75, 3.05) is 0 Å². The van der Waals surface area contributed by atoms with Crippen LogP contribution in [0.25, 0.3) is 11.4 Å². The average molecular weight is 389 g/mol. The lowest BCUT2D eigenvalue weighted by atomic mass is 9.77. The summed E-state index contributed by atoms with van der Waals surface area (Å²) < 4.78 is 28.8. The number of rotatable bonds is 9. The van der Waals surface area contributed by atoms with Crippen LogP contribution >= 0.6 is 0 Å². The van der Waals surface area contributed by atoms with Crippen molar-refractivity contribution in [1.82, 2.24) is 9.97 Å². The lowest BCUT2D eigenvalue weighted by Gasteiger charge is -2.28. The summed E-state index contributed by atoms with van der Waals surface area (Å²) in [7, 11) is 0. The van der Waals surface area contributed by atoms with Gasteiger partial charge in [-0.05, 0) is 67.3 Å². The fraction of sp³-hybridized carbons (Fsp3) is 0.565. The van der Waals surface area contributed by atoms with E-state index in [1.54, 1.807) is 12.1 Å². The molecule has 1 aromatic heterocycles. The molecular weight excluding hydrogens is 358 g/mol. The number of hydrogen-bond donors (Lipinski definition) is 0. The van der Waals surface area contributed by atoms with Crippen LogP contribution in [-0.4, -0.2) is 16.6 Å². The number of hydrogen-bond acceptors (Lipinski definition) is 3. The number of aromatic nitrogens is 2. The fourth-order valence-electron chi connectivity index (χ4n) is 4.13.